The van der Waals surface area contributed by atoms with Crippen LogP contribution < -0.4 is 10.6 Å². The molecule has 8 heteroatoms. The molecule has 1 saturated carbocycles. The second-order valence-corrected chi connectivity index (χ2v) is 8.19. The Bertz CT molecular complexity index is 932. The molecule has 1 saturated heterocycles. The van der Waals surface area contributed by atoms with Crippen molar-refractivity contribution in [3.8, 4) is 0 Å². The topological polar surface area (TPSA) is 95.5 Å². The number of amides is 4. The number of nitrogens with one attached hydrogen (secondary N) is 2. The normalized spacial score (nSPS) is 26.2. The lowest BCUT2D eigenvalue weighted by molar-refractivity contribution is -0.152. The maximum Gasteiger partial charge on any atom is 0.328 e. The number of aliphatic hydroxyl groups is 1. The molecule has 1 aliphatic carbocycles. The number of hydrogen-bond acceptors (Lipinski definition) is 4. The van der Waals surface area contributed by atoms with Gasteiger partial charge >= 0.3 is 6.03 Å². The first-order chi connectivity index (χ1) is 13.9. The summed E-state index contributed by atoms with van der Waals surface area (Å²) in [7, 11) is 0. The van der Waals surface area contributed by atoms with Crippen LogP contribution in [0.25, 0.3) is 0 Å². The van der Waals surface area contributed by atoms with Crippen molar-refractivity contribution in [3.05, 3.63) is 69.7 Å². The highest BCUT2D eigenvalue weighted by atomic mass is 35.5. The zero-order chi connectivity index (χ0) is 20.8. The summed E-state index contributed by atoms with van der Waals surface area (Å²) >= 11 is 12.8. The van der Waals surface area contributed by atoms with Crippen molar-refractivity contribution in [2.45, 2.75) is 30.8 Å². The van der Waals surface area contributed by atoms with Crippen LogP contribution in [0.15, 0.2) is 48.5 Å². The third-order valence-corrected chi connectivity index (χ3v) is 6.57. The molecule has 4 rings (SSSR count). The first-order valence-electron chi connectivity index (χ1n) is 9.19. The number of carbonyl (C=O) groups excluding carboxylic acids is 3. The Kier molecular flexibility index (Phi) is 5.11. The van der Waals surface area contributed by atoms with Crippen LogP contribution in [0.4, 0.5) is 4.79 Å². The molecule has 1 heterocycles. The quantitative estimate of drug-likeness (QED) is 0.633. The minimum Gasteiger partial charge on any atom is -0.393 e. The molecule has 29 heavy (non-hydrogen) atoms. The molecule has 0 aromatic heterocycles. The lowest BCUT2D eigenvalue weighted by atomic mass is 9.54. The van der Waals surface area contributed by atoms with E-state index in [9.17, 15) is 19.5 Å². The van der Waals surface area contributed by atoms with E-state index < -0.39 is 41.2 Å². The number of aliphatic hydroxyl groups excluding tert-OH is 1. The molecule has 2 fully saturated rings. The van der Waals surface area contributed by atoms with E-state index >= 15 is 0 Å². The van der Waals surface area contributed by atoms with E-state index in [0.717, 1.165) is 0 Å². The minimum atomic E-state index is -1.69. The standard InChI is InChI=1S/C21H18Cl2N2O4/c22-16-7-3-1-5-12(16)14-9-11(26)10-15(13-6-2-4-8-17(13)23)21(14)18(27)24-20(29)25-19(21)28/h1-8,11,14-15,26H,9-10H2,(H2,24,25,27,28,29). The molecule has 2 aromatic carbocycles. The van der Waals surface area contributed by atoms with Crippen LogP contribution in [0, 0.1) is 5.41 Å². The van der Waals surface area contributed by atoms with Crippen LogP contribution in [-0.2, 0) is 9.59 Å². The van der Waals surface area contributed by atoms with Gasteiger partial charge in [-0.1, -0.05) is 59.6 Å². The number of rotatable bonds is 2. The molecule has 1 aliphatic heterocycles. The van der Waals surface area contributed by atoms with Gasteiger partial charge in [0, 0.05) is 21.9 Å². The van der Waals surface area contributed by atoms with Gasteiger partial charge in [-0.3, -0.25) is 20.2 Å². The van der Waals surface area contributed by atoms with Gasteiger partial charge in [-0.2, -0.15) is 0 Å². The summed E-state index contributed by atoms with van der Waals surface area (Å²) in [6.45, 7) is 0. The number of barbiturate groups is 1. The fourth-order valence-electron chi connectivity index (χ4n) is 4.70. The van der Waals surface area contributed by atoms with Crippen molar-refractivity contribution in [1.29, 1.82) is 0 Å². The van der Waals surface area contributed by atoms with E-state index in [2.05, 4.69) is 10.6 Å². The molecule has 2 aliphatic rings. The fraction of sp³-hybridized carbons (Fsp3) is 0.286. The van der Waals surface area contributed by atoms with Crippen molar-refractivity contribution in [1.82, 2.24) is 10.6 Å². The number of hydrogen-bond donors (Lipinski definition) is 3. The van der Waals surface area contributed by atoms with Crippen molar-refractivity contribution in [2.24, 2.45) is 5.41 Å². The van der Waals surface area contributed by atoms with Crippen molar-refractivity contribution >= 4 is 41.0 Å². The molecule has 150 valence electrons. The Balaban J connectivity index is 1.99. The van der Waals surface area contributed by atoms with Gasteiger partial charge in [-0.05, 0) is 36.1 Å². The Labute approximate surface area is 177 Å². The van der Waals surface area contributed by atoms with Gasteiger partial charge in [0.05, 0.1) is 6.10 Å². The number of halogens is 2. The number of benzene rings is 2. The molecule has 6 nitrogen and oxygen atoms in total. The lowest BCUT2D eigenvalue weighted by Crippen LogP contribution is -2.68. The maximum atomic E-state index is 13.3. The van der Waals surface area contributed by atoms with E-state index in [1.807, 2.05) is 0 Å². The molecular weight excluding hydrogens is 415 g/mol. The first kappa shape index (κ1) is 19.9. The molecule has 0 radical (unpaired) electrons. The predicted octanol–water partition coefficient (Wildman–Crippen LogP) is 3.37. The van der Waals surface area contributed by atoms with E-state index in [0.29, 0.717) is 21.2 Å². The Morgan fingerprint density at radius 1 is 0.793 bits per heavy atom. The minimum absolute atomic E-state index is 0.139. The monoisotopic (exact) mass is 432 g/mol. The number of carbonyl (C=O) groups is 3. The Morgan fingerprint density at radius 3 is 1.62 bits per heavy atom. The van der Waals surface area contributed by atoms with Crippen LogP contribution in [-0.4, -0.2) is 29.1 Å². The molecule has 2 aromatic rings. The van der Waals surface area contributed by atoms with Crippen molar-refractivity contribution in [3.63, 3.8) is 0 Å². The third kappa shape index (κ3) is 3.12. The first-order valence-corrected chi connectivity index (χ1v) is 9.95. The second-order valence-electron chi connectivity index (χ2n) is 7.38. The van der Waals surface area contributed by atoms with E-state index in [1.165, 1.54) is 0 Å². The van der Waals surface area contributed by atoms with Gasteiger partial charge < -0.3 is 5.11 Å². The SMILES string of the molecule is O=C1NC(=O)C2(C(=O)N1)C(c1ccccc1Cl)CC(O)CC2c1ccccc1Cl. The highest BCUT2D eigenvalue weighted by Gasteiger charge is 2.63. The molecule has 2 atom stereocenters. The van der Waals surface area contributed by atoms with Gasteiger partial charge in [0.15, 0.2) is 0 Å². The number of imide groups is 2. The lowest BCUT2D eigenvalue weighted by Gasteiger charge is -2.50. The average molecular weight is 433 g/mol. The van der Waals surface area contributed by atoms with Gasteiger partial charge in [-0.15, -0.1) is 0 Å². The zero-order valence-electron chi connectivity index (χ0n) is 15.2. The average Bonchev–Trinajstić information content (AvgIpc) is 2.67. The molecule has 4 amide bonds. The summed E-state index contributed by atoms with van der Waals surface area (Å²) in [5.74, 6) is -2.94. The Hall–Kier alpha value is -2.41. The number of urea groups is 1. The fourth-order valence-corrected chi connectivity index (χ4v) is 5.23. The summed E-state index contributed by atoms with van der Waals surface area (Å²) in [5.41, 5.74) is -0.572. The predicted molar refractivity (Wildman–Crippen MR) is 108 cm³/mol. The Morgan fingerprint density at radius 2 is 1.21 bits per heavy atom. The smallest absolute Gasteiger partial charge is 0.328 e. The molecule has 2 unspecified atom stereocenters. The summed E-state index contributed by atoms with van der Waals surface area (Å²) in [6, 6.07) is 12.9. The van der Waals surface area contributed by atoms with Gasteiger partial charge in [0.25, 0.3) is 0 Å². The molecule has 0 bridgehead atoms. The van der Waals surface area contributed by atoms with Crippen LogP contribution in [0.3, 0.4) is 0 Å². The largest absolute Gasteiger partial charge is 0.393 e. The molecule has 1 spiro atoms. The highest BCUT2D eigenvalue weighted by molar-refractivity contribution is 6.32. The van der Waals surface area contributed by atoms with E-state index in [1.54, 1.807) is 48.5 Å². The van der Waals surface area contributed by atoms with Crippen LogP contribution in [0.5, 0.6) is 0 Å². The van der Waals surface area contributed by atoms with Crippen LogP contribution in [0.1, 0.15) is 35.8 Å². The highest BCUT2D eigenvalue weighted by Crippen LogP contribution is 2.57. The third-order valence-electron chi connectivity index (χ3n) is 5.88. The van der Waals surface area contributed by atoms with Crippen LogP contribution in [0.2, 0.25) is 10.0 Å². The summed E-state index contributed by atoms with van der Waals surface area (Å²) < 4.78 is 0. The summed E-state index contributed by atoms with van der Waals surface area (Å²) in [4.78, 5) is 38.5. The zero-order valence-corrected chi connectivity index (χ0v) is 16.7. The second kappa shape index (κ2) is 7.44. The van der Waals surface area contributed by atoms with Crippen molar-refractivity contribution < 1.29 is 19.5 Å². The summed E-state index contributed by atoms with van der Waals surface area (Å²) in [6.07, 6.45) is -0.513. The van der Waals surface area contributed by atoms with Crippen molar-refractivity contribution in [2.75, 3.05) is 0 Å². The van der Waals surface area contributed by atoms with Gasteiger partial charge in [0.1, 0.15) is 5.41 Å². The summed E-state index contributed by atoms with van der Waals surface area (Å²) in [5, 5.41) is 15.9. The molecular formula is C21H18Cl2N2O4. The van der Waals surface area contributed by atoms with E-state index in [4.69, 9.17) is 23.2 Å². The van der Waals surface area contributed by atoms with Gasteiger partial charge in [0.2, 0.25) is 11.8 Å². The van der Waals surface area contributed by atoms with Crippen LogP contribution >= 0.6 is 23.2 Å². The van der Waals surface area contributed by atoms with E-state index in [-0.39, 0.29) is 12.8 Å². The molecule has 3 N–H and O–H groups in total. The maximum absolute atomic E-state index is 13.3. The van der Waals surface area contributed by atoms with Gasteiger partial charge in [-0.25, -0.2) is 4.79 Å².